The van der Waals surface area contributed by atoms with E-state index in [1.165, 1.54) is 22.8 Å². The minimum absolute atomic E-state index is 0.158. The quantitative estimate of drug-likeness (QED) is 0.171. The van der Waals surface area contributed by atoms with Crippen LogP contribution in [0.15, 0.2) is 60.7 Å². The van der Waals surface area contributed by atoms with Gasteiger partial charge >= 0.3 is 0 Å². The van der Waals surface area contributed by atoms with E-state index in [-0.39, 0.29) is 6.10 Å². The molecule has 0 aromatic carbocycles. The number of pyridine rings is 2. The average Bonchev–Trinajstić information content (AvgIpc) is 3.57. The van der Waals surface area contributed by atoms with Gasteiger partial charge in [-0.2, -0.15) is 0 Å². The fraction of sp³-hybridized carbons (Fsp3) is 0.371. The highest BCUT2D eigenvalue weighted by atomic mass is 16.5. The second kappa shape index (κ2) is 12.5. The van der Waals surface area contributed by atoms with Gasteiger partial charge in [-0.3, -0.25) is 0 Å². The lowest BCUT2D eigenvalue weighted by Gasteiger charge is -2.21. The minimum Gasteiger partial charge on any atom is -0.372 e. The number of nitrogens with zero attached hydrogens (tertiary/aromatic N) is 5. The Morgan fingerprint density at radius 3 is 1.48 bits per heavy atom. The summed E-state index contributed by atoms with van der Waals surface area (Å²) in [6.45, 7) is 18.9. The van der Waals surface area contributed by atoms with E-state index in [0.717, 1.165) is 45.5 Å². The summed E-state index contributed by atoms with van der Waals surface area (Å²) in [4.78, 5) is 9.90. The van der Waals surface area contributed by atoms with Crippen LogP contribution in [0.1, 0.15) is 56.7 Å². The van der Waals surface area contributed by atoms with Gasteiger partial charge in [0.25, 0.3) is 0 Å². The van der Waals surface area contributed by atoms with Crippen LogP contribution in [0.25, 0.3) is 11.6 Å². The van der Waals surface area contributed by atoms with Crippen LogP contribution in [0.3, 0.4) is 0 Å². The molecule has 0 bridgehead atoms. The van der Waals surface area contributed by atoms with E-state index in [1.807, 2.05) is 0 Å². The minimum atomic E-state index is -0.158. The predicted octanol–water partition coefficient (Wildman–Crippen LogP) is 7.13. The number of ether oxygens (including phenoxy) is 2. The first-order chi connectivity index (χ1) is 20.1. The van der Waals surface area contributed by atoms with Gasteiger partial charge in [0.1, 0.15) is 11.6 Å². The van der Waals surface area contributed by atoms with E-state index in [4.69, 9.17) is 19.4 Å². The Morgan fingerprint density at radius 1 is 0.571 bits per heavy atom. The maximum Gasteiger partial charge on any atom is 0.137 e. The molecule has 1 atom stereocenters. The van der Waals surface area contributed by atoms with Crippen LogP contribution >= 0.6 is 0 Å². The molecule has 42 heavy (non-hydrogen) atoms. The molecular weight excluding hydrogens is 522 g/mol. The first-order valence-corrected chi connectivity index (χ1v) is 14.7. The number of rotatable bonds is 11. The van der Waals surface area contributed by atoms with E-state index in [1.54, 1.807) is 0 Å². The SMILES string of the molecule is Cc1cc(COCC(Cn2c(C)ccc2C)OCc2cc(C)cc(-n3c(C)ccc3C)n2)nc(-n2c(C)ccc2C)c1. The first kappa shape index (κ1) is 29.5. The maximum atomic E-state index is 6.53. The molecule has 0 saturated carbocycles. The Hall–Kier alpha value is -3.94. The van der Waals surface area contributed by atoms with Crippen LogP contribution in [-0.4, -0.2) is 36.4 Å². The van der Waals surface area contributed by atoms with Gasteiger partial charge in [-0.25, -0.2) is 9.97 Å². The third-order valence-corrected chi connectivity index (χ3v) is 7.84. The largest absolute Gasteiger partial charge is 0.372 e. The standard InChI is InChI=1S/C35H43N5O2/c1-23-15-31(36-34(17-23)39-27(5)11-12-28(39)6)20-41-22-33(19-38-25(3)9-10-26(38)4)42-21-32-16-24(2)18-35(37-32)40-29(7)13-14-30(40)8/h9-18,33H,19-22H2,1-8H3. The fourth-order valence-electron chi connectivity index (χ4n) is 5.72. The Labute approximate surface area is 249 Å². The molecule has 5 heterocycles. The average molecular weight is 566 g/mol. The molecule has 1 unspecified atom stereocenters. The van der Waals surface area contributed by atoms with Crippen molar-refractivity contribution >= 4 is 0 Å². The Kier molecular flexibility index (Phi) is 8.80. The second-order valence-corrected chi connectivity index (χ2v) is 11.6. The molecule has 7 heteroatoms. The van der Waals surface area contributed by atoms with Crippen LogP contribution in [0.2, 0.25) is 0 Å². The van der Waals surface area contributed by atoms with Crippen molar-refractivity contribution in [1.82, 2.24) is 23.7 Å². The zero-order chi connectivity index (χ0) is 30.0. The summed E-state index contributed by atoms with van der Waals surface area (Å²) in [5.41, 5.74) is 11.2. The lowest BCUT2D eigenvalue weighted by Crippen LogP contribution is -2.27. The summed E-state index contributed by atoms with van der Waals surface area (Å²) >= 11 is 0. The molecule has 7 nitrogen and oxygen atoms in total. The maximum absolute atomic E-state index is 6.53. The first-order valence-electron chi connectivity index (χ1n) is 14.7. The summed E-state index contributed by atoms with van der Waals surface area (Å²) < 4.78 is 19.5. The molecular formula is C35H43N5O2. The van der Waals surface area contributed by atoms with Gasteiger partial charge in [-0.15, -0.1) is 0 Å². The molecule has 220 valence electrons. The fourth-order valence-corrected chi connectivity index (χ4v) is 5.72. The highest BCUT2D eigenvalue weighted by molar-refractivity contribution is 5.36. The Balaban J connectivity index is 1.32. The third kappa shape index (κ3) is 6.58. The van der Waals surface area contributed by atoms with Crippen molar-refractivity contribution in [2.24, 2.45) is 0 Å². The predicted molar refractivity (Wildman–Crippen MR) is 168 cm³/mol. The van der Waals surface area contributed by atoms with Crippen LogP contribution in [0.4, 0.5) is 0 Å². The van der Waals surface area contributed by atoms with Gasteiger partial charge in [0.05, 0.1) is 43.9 Å². The zero-order valence-corrected chi connectivity index (χ0v) is 26.2. The Bertz CT molecular complexity index is 1630. The van der Waals surface area contributed by atoms with E-state index >= 15 is 0 Å². The molecule has 0 aliphatic carbocycles. The molecule has 0 N–H and O–H groups in total. The second-order valence-electron chi connectivity index (χ2n) is 11.6. The molecule has 0 saturated heterocycles. The molecule has 0 radical (unpaired) electrons. The van der Waals surface area contributed by atoms with Crippen LogP contribution in [-0.2, 0) is 29.2 Å². The molecule has 0 amide bonds. The lowest BCUT2D eigenvalue weighted by atomic mass is 10.2. The van der Waals surface area contributed by atoms with Gasteiger partial charge in [0.15, 0.2) is 0 Å². The molecule has 0 spiro atoms. The van der Waals surface area contributed by atoms with E-state index in [0.29, 0.717) is 26.4 Å². The monoisotopic (exact) mass is 565 g/mol. The van der Waals surface area contributed by atoms with Gasteiger partial charge < -0.3 is 23.2 Å². The summed E-state index contributed by atoms with van der Waals surface area (Å²) in [5, 5.41) is 0. The normalized spacial score (nSPS) is 12.3. The number of aromatic nitrogens is 5. The molecule has 0 fully saturated rings. The van der Waals surface area contributed by atoms with Gasteiger partial charge in [0, 0.05) is 34.2 Å². The van der Waals surface area contributed by atoms with Crippen LogP contribution in [0, 0.1) is 55.4 Å². The van der Waals surface area contributed by atoms with E-state index in [2.05, 4.69) is 130 Å². The van der Waals surface area contributed by atoms with Crippen molar-refractivity contribution in [2.45, 2.75) is 81.3 Å². The Morgan fingerprint density at radius 2 is 1.00 bits per heavy atom. The topological polar surface area (TPSA) is 59.0 Å². The van der Waals surface area contributed by atoms with E-state index < -0.39 is 0 Å². The summed E-state index contributed by atoms with van der Waals surface area (Å²) in [6.07, 6.45) is -0.158. The van der Waals surface area contributed by atoms with Crippen molar-refractivity contribution in [3.05, 3.63) is 117 Å². The smallest absolute Gasteiger partial charge is 0.137 e. The molecule has 0 aliphatic heterocycles. The van der Waals surface area contributed by atoms with Gasteiger partial charge in [-0.05, 0) is 127 Å². The molecule has 0 aliphatic rings. The van der Waals surface area contributed by atoms with Gasteiger partial charge in [0.2, 0.25) is 0 Å². The van der Waals surface area contributed by atoms with Crippen molar-refractivity contribution in [2.75, 3.05) is 6.61 Å². The highest BCUT2D eigenvalue weighted by Crippen LogP contribution is 2.20. The summed E-state index contributed by atoms with van der Waals surface area (Å²) in [5.74, 6) is 1.85. The number of aryl methyl sites for hydroxylation is 8. The zero-order valence-electron chi connectivity index (χ0n) is 26.2. The van der Waals surface area contributed by atoms with Crippen LogP contribution < -0.4 is 0 Å². The summed E-state index contributed by atoms with van der Waals surface area (Å²) in [7, 11) is 0. The van der Waals surface area contributed by atoms with Crippen molar-refractivity contribution < 1.29 is 9.47 Å². The number of hydrogen-bond acceptors (Lipinski definition) is 4. The molecule has 5 rings (SSSR count). The molecule has 5 aromatic heterocycles. The number of hydrogen-bond donors (Lipinski definition) is 0. The summed E-state index contributed by atoms with van der Waals surface area (Å²) in [6, 6.07) is 21.2. The van der Waals surface area contributed by atoms with Crippen molar-refractivity contribution in [1.29, 1.82) is 0 Å². The lowest BCUT2D eigenvalue weighted by molar-refractivity contribution is -0.0391. The van der Waals surface area contributed by atoms with Crippen LogP contribution in [0.5, 0.6) is 0 Å². The third-order valence-electron chi connectivity index (χ3n) is 7.84. The van der Waals surface area contributed by atoms with E-state index in [9.17, 15) is 0 Å². The van der Waals surface area contributed by atoms with Crippen molar-refractivity contribution in [3.63, 3.8) is 0 Å². The van der Waals surface area contributed by atoms with Crippen molar-refractivity contribution in [3.8, 4) is 11.6 Å². The molecule has 5 aromatic rings. The van der Waals surface area contributed by atoms with Gasteiger partial charge in [-0.1, -0.05) is 0 Å². The highest BCUT2D eigenvalue weighted by Gasteiger charge is 2.16.